The summed E-state index contributed by atoms with van der Waals surface area (Å²) in [6.07, 6.45) is 8.07. The van der Waals surface area contributed by atoms with Gasteiger partial charge >= 0.3 is 65.4 Å². The minimum absolute atomic E-state index is 0.0262. The van der Waals surface area contributed by atoms with Crippen LogP contribution in [-0.4, -0.2) is 357 Å². The summed E-state index contributed by atoms with van der Waals surface area (Å²) in [6, 6.07) is -2.51. The summed E-state index contributed by atoms with van der Waals surface area (Å²) in [4.78, 5) is 57.7. The Kier molecular flexibility index (Phi) is 35.7. The van der Waals surface area contributed by atoms with Crippen molar-refractivity contribution in [1.82, 2.24) is 45.1 Å². The largest absolute Gasteiger partial charge is 0.480 e. The van der Waals surface area contributed by atoms with E-state index >= 15 is 0 Å². The van der Waals surface area contributed by atoms with Crippen LogP contribution in [0.2, 0.25) is 31.6 Å². The van der Waals surface area contributed by atoms with Gasteiger partial charge in [0.15, 0.2) is 0 Å². The molecule has 60 heteroatoms. The van der Waals surface area contributed by atoms with Gasteiger partial charge in [-0.25, -0.2) is 0 Å². The van der Waals surface area contributed by atoms with E-state index in [1.54, 1.807) is 13.8 Å². The maximum absolute atomic E-state index is 12.6. The molecule has 119 heavy (non-hydrogen) atoms. The van der Waals surface area contributed by atoms with Crippen molar-refractivity contribution in [3.05, 3.63) is 0 Å². The zero-order valence-electron chi connectivity index (χ0n) is 66.4. The van der Waals surface area contributed by atoms with Gasteiger partial charge in [0.05, 0.1) is 0 Å². The molecule has 10 rings (SSSR count). The van der Waals surface area contributed by atoms with Crippen LogP contribution in [0.3, 0.4) is 0 Å². The topological polar surface area (TPSA) is 896 Å². The Balaban J connectivity index is 0.000000231. The highest BCUT2D eigenvalue weighted by molar-refractivity contribution is 7.88. The zero-order valence-corrected chi connectivity index (χ0v) is 70.5. The predicted molar refractivity (Wildman–Crippen MR) is 430 cm³/mol. The van der Waals surface area contributed by atoms with E-state index < -0.39 is 197 Å². The Bertz CT molecular complexity index is 3740. The first-order valence-electron chi connectivity index (χ1n) is 39.1. The predicted octanol–water partition coefficient (Wildman–Crippen LogP) is -14.0. The molecule has 0 amide bonds. The number of aliphatic carboxylic acids is 5. The third-order valence-corrected chi connectivity index (χ3v) is 32.1. The molecule has 50 nitrogen and oxygen atoms in total. The quantitative estimate of drug-likeness (QED) is 0.0252. The Morgan fingerprint density at radius 3 is 0.630 bits per heavy atom. The van der Waals surface area contributed by atoms with Gasteiger partial charge in [-0.3, -0.25) is 24.0 Å². The normalized spacial score (nSPS) is 32.7. The zero-order chi connectivity index (χ0) is 90.3. The molecule has 0 bridgehead atoms. The second-order valence-electron chi connectivity index (χ2n) is 33.8. The number of nitrogens with zero attached hydrogens (tertiary/aromatic N) is 5. The highest BCUT2D eigenvalue weighted by atomic mass is 32.2. The lowest BCUT2D eigenvalue weighted by molar-refractivity contribution is -0.145. The van der Waals surface area contributed by atoms with Crippen LogP contribution in [0, 0.1) is 29.6 Å². The molecule has 10 fully saturated rings. The van der Waals surface area contributed by atoms with Crippen molar-refractivity contribution in [2.24, 2.45) is 86.9 Å². The number of nitrogens with two attached hydrogens (primary N) is 10. The van der Waals surface area contributed by atoms with E-state index in [-0.39, 0.29) is 165 Å². The first-order chi connectivity index (χ1) is 54.5. The number of carbonyl (C=O) groups is 5. The van der Waals surface area contributed by atoms with E-state index in [4.69, 9.17) is 108 Å². The highest BCUT2D eigenvalue weighted by Crippen LogP contribution is 2.41. The van der Waals surface area contributed by atoms with Gasteiger partial charge in [0.2, 0.25) is 0 Å². The van der Waals surface area contributed by atoms with Crippen molar-refractivity contribution in [1.29, 1.82) is 0 Å². The van der Waals surface area contributed by atoms with Crippen LogP contribution in [-0.2, 0) is 75.0 Å². The van der Waals surface area contributed by atoms with Crippen molar-refractivity contribution in [3.8, 4) is 0 Å². The molecule has 10 aliphatic rings. The summed E-state index contributed by atoms with van der Waals surface area (Å²) in [5.41, 5.74) is 49.0. The summed E-state index contributed by atoms with van der Waals surface area (Å²) < 4.78 is 142. The summed E-state index contributed by atoms with van der Waals surface area (Å²) >= 11 is 0. The molecule has 5 aliphatic carbocycles. The lowest BCUT2D eigenvalue weighted by Gasteiger charge is -2.26. The van der Waals surface area contributed by atoms with Crippen LogP contribution in [0.1, 0.15) is 123 Å². The minimum atomic E-state index is -3.92. The van der Waals surface area contributed by atoms with Crippen LogP contribution < -0.4 is 80.9 Å². The number of rotatable bonds is 42. The molecule has 0 radical (unpaired) electrons. The van der Waals surface area contributed by atoms with Crippen molar-refractivity contribution >= 4 is 116 Å². The fourth-order valence-electron chi connectivity index (χ4n) is 14.9. The Morgan fingerprint density at radius 2 is 0.496 bits per heavy atom. The molecule has 0 unspecified atom stereocenters. The molecular weight excluding hydrogens is 1680 g/mol. The van der Waals surface area contributed by atoms with E-state index in [9.17, 15) is 91.6 Å². The van der Waals surface area contributed by atoms with Gasteiger partial charge in [-0.1, -0.05) is 32.1 Å². The number of carboxylic acid groups (broad SMARTS) is 5. The van der Waals surface area contributed by atoms with E-state index in [1.165, 1.54) is 0 Å². The molecule has 18 atom stereocenters. The lowest BCUT2D eigenvalue weighted by Crippen LogP contribution is -2.56. The second kappa shape index (κ2) is 40.9. The average Bonchev–Trinajstić information content (AvgIpc) is 1.62. The summed E-state index contributed by atoms with van der Waals surface area (Å²) in [6.45, 7) is 1.56. The first-order valence-corrected chi connectivity index (χ1v) is 46.3. The van der Waals surface area contributed by atoms with Gasteiger partial charge in [0.1, 0.15) is 27.7 Å². The van der Waals surface area contributed by atoms with Gasteiger partial charge in [-0.2, -0.15) is 87.2 Å². The molecule has 684 valence electrons. The van der Waals surface area contributed by atoms with E-state index in [1.807, 2.05) is 0 Å². The molecule has 0 aromatic rings. The van der Waals surface area contributed by atoms with Crippen molar-refractivity contribution in [2.75, 3.05) is 65.4 Å². The van der Waals surface area contributed by atoms with Crippen LogP contribution in [0.25, 0.3) is 0 Å². The average molecular weight is 1810 g/mol. The van der Waals surface area contributed by atoms with Crippen molar-refractivity contribution in [2.45, 2.75) is 242 Å². The molecule has 0 aromatic carbocycles. The molecule has 5 saturated carbocycles. The molecule has 40 N–H and O–H groups in total. The Morgan fingerprint density at radius 1 is 0.336 bits per heavy atom. The number of hydrogen-bond acceptors (Lipinski definition) is 35. The van der Waals surface area contributed by atoms with Gasteiger partial charge < -0.3 is 133 Å². The smallest absolute Gasteiger partial charge is 0.451 e. The molecule has 0 aromatic heterocycles. The third-order valence-electron chi connectivity index (χ3n) is 24.2. The summed E-state index contributed by atoms with van der Waals surface area (Å²) in [5.74, 6) is -9.43. The van der Waals surface area contributed by atoms with Crippen molar-refractivity contribution < 1.29 is 142 Å². The van der Waals surface area contributed by atoms with E-state index in [2.05, 4.69) is 23.6 Å². The highest BCUT2D eigenvalue weighted by Gasteiger charge is 2.59. The van der Waals surface area contributed by atoms with Crippen LogP contribution in [0.5, 0.6) is 0 Å². The van der Waals surface area contributed by atoms with Crippen LogP contribution in [0.4, 0.5) is 0 Å². The second-order valence-corrected chi connectivity index (χ2v) is 42.3. The monoisotopic (exact) mass is 1810 g/mol. The number of carboxylic acids is 5. The lowest BCUT2D eigenvalue weighted by atomic mass is 9.78. The van der Waals surface area contributed by atoms with Crippen LogP contribution >= 0.6 is 0 Å². The first kappa shape index (κ1) is 104. The fraction of sp³-hybridized carbons (Fsp3) is 0.915. The third kappa shape index (κ3) is 28.1. The van der Waals surface area contributed by atoms with Gasteiger partial charge in [0, 0.05) is 154 Å². The van der Waals surface area contributed by atoms with Crippen LogP contribution in [0.15, 0.2) is 0 Å². The Hall–Kier alpha value is -3.78. The Labute approximate surface area is 693 Å². The van der Waals surface area contributed by atoms with E-state index in [0.717, 1.165) is 47.2 Å². The number of hydrogen-bond donors (Lipinski definition) is 30. The van der Waals surface area contributed by atoms with Gasteiger partial charge in [-0.05, 0) is 122 Å². The maximum Gasteiger partial charge on any atom is 0.451 e. The molecule has 5 saturated heterocycles. The van der Waals surface area contributed by atoms with Gasteiger partial charge in [-0.15, -0.1) is 0 Å². The molecular formula is C59H123B5N20O30S5. The molecule has 5 aliphatic heterocycles. The standard InChI is InChI=1S/2C13H27BN4O6S.3C11H23BN4O6S/c2*1-9(12(15)4-5-12)17-25(23,24)18-7-10(3-2-6-14(21)22)13(16,8-18)11(19)20;3*13-8-4-9(8)15-23(21,22)16-5-7(2-1-3-12(19)20)11(14,6-16)10(17)18/h2*9-10,17,21-22H,2-8,15-16H2,1H3,(H,19,20);3*7-9,15,19-20H,1-6,13-14H2,(H,17,18)/t9-,10+,13+;9-,10-,13-;7-,8+,9+,11-;7-,8-,9+,11-;7-,8-,9-,11-/m10000/s1. The summed E-state index contributed by atoms with van der Waals surface area (Å²) in [7, 11) is -26.8. The molecule has 0 spiro atoms. The molecule has 5 heterocycles. The maximum atomic E-state index is 12.6. The van der Waals surface area contributed by atoms with Crippen molar-refractivity contribution in [3.63, 3.8) is 0 Å². The fourth-order valence-corrected chi connectivity index (χ4v) is 22.8. The van der Waals surface area contributed by atoms with E-state index in [0.29, 0.717) is 51.4 Å². The van der Waals surface area contributed by atoms with Gasteiger partial charge in [0.25, 0.3) is 51.0 Å². The number of nitrogens with one attached hydrogen (secondary N) is 5. The minimum Gasteiger partial charge on any atom is -0.480 e. The SMILES string of the molecule is C[C@@H](NS(=O)(=O)N1C[C@H](CCCB(O)O)[C@](N)(C(=O)O)C1)C1(N)CC1.C[C@H](NS(=O)(=O)N1C[C@H](CCCB(O)O)[C@](N)(C(=O)O)C1)C1(N)CC1.N[C@@H]1C[C@H]1NS(=O)(=O)N1C[C@H](CCCB(O)O)[C@](N)(C(=O)O)C1.N[C@H]1C[C@@H]1NS(=O)(=O)N1C[C@H](CCCB(O)O)[C@](N)(C(=O)O)C1.N[C@H]1C[C@H]1NS(=O)(=O)N1C[C@H](CCCB(O)O)[C@](N)(C(=O)O)C1. The summed E-state index contributed by atoms with van der Waals surface area (Å²) in [5, 5.41) is 136.